The van der Waals surface area contributed by atoms with Crippen molar-refractivity contribution in [1.82, 2.24) is 0 Å². The Morgan fingerprint density at radius 2 is 2.00 bits per heavy atom. The molecule has 1 aromatic rings. The van der Waals surface area contributed by atoms with Crippen molar-refractivity contribution in [2.24, 2.45) is 11.1 Å². The van der Waals surface area contributed by atoms with E-state index in [1.165, 1.54) is 31.4 Å². The first-order valence-corrected chi connectivity index (χ1v) is 6.35. The van der Waals surface area contributed by atoms with Gasteiger partial charge in [0.1, 0.15) is 18.2 Å². The van der Waals surface area contributed by atoms with Gasteiger partial charge in [-0.3, -0.25) is 0 Å². The van der Waals surface area contributed by atoms with Crippen LogP contribution in [-0.4, -0.2) is 6.21 Å². The van der Waals surface area contributed by atoms with Gasteiger partial charge in [0.15, 0.2) is 0 Å². The van der Waals surface area contributed by atoms with Crippen molar-refractivity contribution in [3.05, 3.63) is 35.4 Å². The number of halogens is 2. The standard InChI is InChI=1S/C14H17F2NO/c15-13-7-6-12(14(16)8-13)10-18-17-9-11-4-2-1-3-5-11/h6-9,11H,1-5,10H2. The Hall–Kier alpha value is -1.45. The lowest BCUT2D eigenvalue weighted by atomic mass is 9.90. The largest absolute Gasteiger partial charge is 0.391 e. The van der Waals surface area contributed by atoms with E-state index in [0.717, 1.165) is 18.9 Å². The Morgan fingerprint density at radius 3 is 2.72 bits per heavy atom. The number of rotatable bonds is 4. The van der Waals surface area contributed by atoms with Gasteiger partial charge >= 0.3 is 0 Å². The zero-order valence-electron chi connectivity index (χ0n) is 10.2. The number of oxime groups is 1. The van der Waals surface area contributed by atoms with Crippen LogP contribution in [0.2, 0.25) is 0 Å². The van der Waals surface area contributed by atoms with Crippen LogP contribution in [0.4, 0.5) is 8.78 Å². The second-order valence-corrected chi connectivity index (χ2v) is 4.66. The predicted molar refractivity (Wildman–Crippen MR) is 66.2 cm³/mol. The summed E-state index contributed by atoms with van der Waals surface area (Å²) in [5.41, 5.74) is 0.317. The molecule has 4 heteroatoms. The number of hydrogen-bond donors (Lipinski definition) is 0. The van der Waals surface area contributed by atoms with Crippen LogP contribution < -0.4 is 0 Å². The molecule has 0 bridgehead atoms. The molecule has 18 heavy (non-hydrogen) atoms. The summed E-state index contributed by atoms with van der Waals surface area (Å²) < 4.78 is 25.9. The maximum atomic E-state index is 13.3. The van der Waals surface area contributed by atoms with Gasteiger partial charge in [-0.05, 0) is 30.9 Å². The molecule has 1 aliphatic rings. The van der Waals surface area contributed by atoms with Crippen molar-refractivity contribution in [1.29, 1.82) is 0 Å². The lowest BCUT2D eigenvalue weighted by Crippen LogP contribution is -2.07. The van der Waals surface area contributed by atoms with Gasteiger partial charge in [-0.15, -0.1) is 0 Å². The third kappa shape index (κ3) is 3.79. The van der Waals surface area contributed by atoms with E-state index in [4.69, 9.17) is 4.84 Å². The minimum atomic E-state index is -0.595. The second-order valence-electron chi connectivity index (χ2n) is 4.66. The van der Waals surface area contributed by atoms with Gasteiger partial charge in [-0.1, -0.05) is 24.4 Å². The molecular formula is C14H17F2NO. The van der Waals surface area contributed by atoms with Gasteiger partial charge in [0.05, 0.1) is 0 Å². The van der Waals surface area contributed by atoms with Gasteiger partial charge in [0.2, 0.25) is 0 Å². The first-order valence-electron chi connectivity index (χ1n) is 6.35. The van der Waals surface area contributed by atoms with Crippen LogP contribution in [0.15, 0.2) is 23.4 Å². The summed E-state index contributed by atoms with van der Waals surface area (Å²) in [6.07, 6.45) is 7.88. The van der Waals surface area contributed by atoms with Gasteiger partial charge in [0, 0.05) is 17.8 Å². The summed E-state index contributed by atoms with van der Waals surface area (Å²) in [6, 6.07) is 3.44. The molecule has 0 N–H and O–H groups in total. The first kappa shape index (κ1) is 13.0. The molecule has 0 amide bonds. The molecule has 0 spiro atoms. The van der Waals surface area contributed by atoms with Crippen LogP contribution in [0, 0.1) is 17.6 Å². The Balaban J connectivity index is 1.78. The minimum Gasteiger partial charge on any atom is -0.391 e. The molecule has 0 heterocycles. The van der Waals surface area contributed by atoms with E-state index < -0.39 is 11.6 Å². The number of hydrogen-bond acceptors (Lipinski definition) is 2. The molecule has 0 radical (unpaired) electrons. The third-order valence-corrected chi connectivity index (χ3v) is 3.23. The Labute approximate surface area is 106 Å². The fraction of sp³-hybridized carbons (Fsp3) is 0.500. The molecule has 2 nitrogen and oxygen atoms in total. The zero-order valence-corrected chi connectivity index (χ0v) is 10.2. The van der Waals surface area contributed by atoms with Crippen molar-refractivity contribution in [3.63, 3.8) is 0 Å². The van der Waals surface area contributed by atoms with E-state index in [1.54, 1.807) is 6.21 Å². The average Bonchev–Trinajstić information content (AvgIpc) is 2.38. The van der Waals surface area contributed by atoms with E-state index in [-0.39, 0.29) is 6.61 Å². The topological polar surface area (TPSA) is 21.6 Å². The van der Waals surface area contributed by atoms with Crippen LogP contribution in [0.5, 0.6) is 0 Å². The average molecular weight is 253 g/mol. The Kier molecular flexibility index (Phi) is 4.67. The lowest BCUT2D eigenvalue weighted by Gasteiger charge is -2.16. The normalized spacial score (nSPS) is 17.2. The molecule has 2 rings (SSSR count). The molecule has 98 valence electrons. The molecule has 0 atom stereocenters. The summed E-state index contributed by atoms with van der Waals surface area (Å²) in [6.45, 7) is 0.0370. The highest BCUT2D eigenvalue weighted by Gasteiger charge is 2.10. The summed E-state index contributed by atoms with van der Waals surface area (Å²) in [4.78, 5) is 5.05. The highest BCUT2D eigenvalue weighted by atomic mass is 19.1. The zero-order chi connectivity index (χ0) is 12.8. The molecule has 0 saturated heterocycles. The van der Waals surface area contributed by atoms with Crippen LogP contribution in [0.1, 0.15) is 37.7 Å². The quantitative estimate of drug-likeness (QED) is 0.586. The predicted octanol–water partition coefficient (Wildman–Crippen LogP) is 4.05. The Bertz CT molecular complexity index is 414. The smallest absolute Gasteiger partial charge is 0.145 e. The van der Waals surface area contributed by atoms with Crippen LogP contribution in [0.3, 0.4) is 0 Å². The summed E-state index contributed by atoms with van der Waals surface area (Å²) in [5, 5.41) is 3.87. The van der Waals surface area contributed by atoms with Crippen molar-refractivity contribution in [3.8, 4) is 0 Å². The summed E-state index contributed by atoms with van der Waals surface area (Å²) in [7, 11) is 0. The van der Waals surface area contributed by atoms with Gasteiger partial charge < -0.3 is 4.84 Å². The van der Waals surface area contributed by atoms with E-state index in [0.29, 0.717) is 11.5 Å². The molecule has 0 aliphatic heterocycles. The van der Waals surface area contributed by atoms with Gasteiger partial charge in [-0.25, -0.2) is 8.78 Å². The molecule has 0 aromatic heterocycles. The maximum absolute atomic E-state index is 13.3. The fourth-order valence-electron chi connectivity index (χ4n) is 2.16. The van der Waals surface area contributed by atoms with E-state index in [9.17, 15) is 8.78 Å². The second kappa shape index (κ2) is 6.47. The van der Waals surface area contributed by atoms with Gasteiger partial charge in [-0.2, -0.15) is 0 Å². The highest BCUT2D eigenvalue weighted by molar-refractivity contribution is 5.59. The van der Waals surface area contributed by atoms with Gasteiger partial charge in [0.25, 0.3) is 0 Å². The SMILES string of the molecule is Fc1ccc(CON=CC2CCCCC2)c(F)c1. The molecule has 1 fully saturated rings. The highest BCUT2D eigenvalue weighted by Crippen LogP contribution is 2.22. The van der Waals surface area contributed by atoms with E-state index in [1.807, 2.05) is 0 Å². The monoisotopic (exact) mass is 253 g/mol. The molecule has 0 unspecified atom stereocenters. The van der Waals surface area contributed by atoms with Crippen molar-refractivity contribution >= 4 is 6.21 Å². The first-order chi connectivity index (χ1) is 8.75. The summed E-state index contributed by atoms with van der Waals surface area (Å²) >= 11 is 0. The molecule has 1 aliphatic carbocycles. The van der Waals surface area contributed by atoms with Crippen LogP contribution >= 0.6 is 0 Å². The molecular weight excluding hydrogens is 236 g/mol. The fourth-order valence-corrected chi connectivity index (χ4v) is 2.16. The lowest BCUT2D eigenvalue weighted by molar-refractivity contribution is 0.127. The van der Waals surface area contributed by atoms with E-state index in [2.05, 4.69) is 5.16 Å². The number of nitrogens with zero attached hydrogens (tertiary/aromatic N) is 1. The number of benzene rings is 1. The summed E-state index contributed by atoms with van der Waals surface area (Å²) in [5.74, 6) is -0.693. The maximum Gasteiger partial charge on any atom is 0.145 e. The third-order valence-electron chi connectivity index (χ3n) is 3.23. The van der Waals surface area contributed by atoms with Crippen molar-refractivity contribution in [2.45, 2.75) is 38.7 Å². The van der Waals surface area contributed by atoms with Crippen LogP contribution in [0.25, 0.3) is 0 Å². The van der Waals surface area contributed by atoms with E-state index >= 15 is 0 Å². The van der Waals surface area contributed by atoms with Crippen molar-refractivity contribution < 1.29 is 13.6 Å². The Morgan fingerprint density at radius 1 is 1.22 bits per heavy atom. The molecule has 1 saturated carbocycles. The van der Waals surface area contributed by atoms with Crippen molar-refractivity contribution in [2.75, 3.05) is 0 Å². The minimum absolute atomic E-state index is 0.0370. The van der Waals surface area contributed by atoms with Crippen LogP contribution in [-0.2, 0) is 11.4 Å². The molecule has 1 aromatic carbocycles.